The van der Waals surface area contributed by atoms with Crippen LogP contribution in [0.1, 0.15) is 36.1 Å². The Balaban J connectivity index is 0.774. The van der Waals surface area contributed by atoms with E-state index in [0.717, 1.165) is 5.69 Å². The van der Waals surface area contributed by atoms with Crippen LogP contribution in [-0.4, -0.2) is 9.13 Å². The average Bonchev–Trinajstić information content (AvgIpc) is 3.98. The van der Waals surface area contributed by atoms with Crippen molar-refractivity contribution >= 4 is 55.8 Å². The molecule has 316 valence electrons. The second-order valence-electron chi connectivity index (χ2n) is 18.6. The minimum absolute atomic E-state index is 0.153. The molecule has 10 aromatic carbocycles. The summed E-state index contributed by atoms with van der Waals surface area (Å²) in [5, 5.41) is 5.05. The predicted octanol–water partition coefficient (Wildman–Crippen LogP) is 17.4. The van der Waals surface area contributed by atoms with Crippen LogP contribution in [0, 0.1) is 0 Å². The van der Waals surface area contributed by atoms with Crippen LogP contribution in [0.5, 0.6) is 0 Å². The Hall–Kier alpha value is -8.46. The molecule has 0 saturated carbocycles. The SMILES string of the molecule is CC1(C)c2cc(-c3ccc(C=Cc4ccc5c(c4)c4ccccc4n5-c4ccccc4)cc3)ccc2-c2ccc(-c3ccc4c(c3)c3ccccc3n4-c3ccc(-c4ccccc4)cc3)cc21. The fourth-order valence-electron chi connectivity index (χ4n) is 10.9. The Morgan fingerprint density at radius 1 is 0.299 bits per heavy atom. The van der Waals surface area contributed by atoms with Crippen molar-refractivity contribution in [2.24, 2.45) is 0 Å². The number of nitrogens with zero attached hydrogens (tertiary/aromatic N) is 2. The molecule has 2 heteroatoms. The highest BCUT2D eigenvalue weighted by Gasteiger charge is 2.36. The van der Waals surface area contributed by atoms with Gasteiger partial charge in [-0.25, -0.2) is 0 Å². The molecule has 1 aliphatic rings. The van der Waals surface area contributed by atoms with E-state index in [4.69, 9.17) is 0 Å². The van der Waals surface area contributed by atoms with Gasteiger partial charge >= 0.3 is 0 Å². The maximum atomic E-state index is 2.44. The second-order valence-corrected chi connectivity index (χ2v) is 18.6. The molecule has 0 unspecified atom stereocenters. The van der Waals surface area contributed by atoms with Gasteiger partial charge in [0, 0.05) is 38.3 Å². The van der Waals surface area contributed by atoms with Gasteiger partial charge in [-0.1, -0.05) is 184 Å². The first-order chi connectivity index (χ1) is 33.0. The van der Waals surface area contributed by atoms with Crippen molar-refractivity contribution in [2.45, 2.75) is 19.3 Å². The lowest BCUT2D eigenvalue weighted by Crippen LogP contribution is -2.15. The van der Waals surface area contributed by atoms with Gasteiger partial charge in [0.25, 0.3) is 0 Å². The highest BCUT2D eigenvalue weighted by molar-refractivity contribution is 6.11. The molecule has 0 bridgehead atoms. The summed E-state index contributed by atoms with van der Waals surface area (Å²) >= 11 is 0. The molecule has 2 nitrogen and oxygen atoms in total. The molecule has 0 N–H and O–H groups in total. The Labute approximate surface area is 391 Å². The Morgan fingerprint density at radius 2 is 0.701 bits per heavy atom. The molecule has 2 aromatic heterocycles. The monoisotopic (exact) mass is 854 g/mol. The zero-order chi connectivity index (χ0) is 44.6. The summed E-state index contributed by atoms with van der Waals surface area (Å²) in [5.41, 5.74) is 22.2. The lowest BCUT2D eigenvalue weighted by molar-refractivity contribution is 0.661. The van der Waals surface area contributed by atoms with Gasteiger partial charge in [-0.05, 0) is 140 Å². The lowest BCUT2D eigenvalue weighted by atomic mass is 9.81. The van der Waals surface area contributed by atoms with E-state index in [2.05, 4.69) is 266 Å². The van der Waals surface area contributed by atoms with Gasteiger partial charge in [0.15, 0.2) is 0 Å². The molecule has 0 radical (unpaired) electrons. The third-order valence-electron chi connectivity index (χ3n) is 14.3. The van der Waals surface area contributed by atoms with Crippen LogP contribution in [-0.2, 0) is 5.41 Å². The number of hydrogen-bond acceptors (Lipinski definition) is 0. The zero-order valence-corrected chi connectivity index (χ0v) is 37.5. The molecule has 2 heterocycles. The summed E-state index contributed by atoms with van der Waals surface area (Å²) in [5.74, 6) is 0. The first-order valence-corrected chi connectivity index (χ1v) is 23.3. The second kappa shape index (κ2) is 15.3. The van der Waals surface area contributed by atoms with E-state index >= 15 is 0 Å². The van der Waals surface area contributed by atoms with Crippen molar-refractivity contribution in [2.75, 3.05) is 0 Å². The number of rotatable bonds is 7. The van der Waals surface area contributed by atoms with Crippen molar-refractivity contribution in [3.63, 3.8) is 0 Å². The number of aromatic nitrogens is 2. The molecule has 1 aliphatic carbocycles. The van der Waals surface area contributed by atoms with Crippen molar-refractivity contribution in [1.29, 1.82) is 0 Å². The lowest BCUT2D eigenvalue weighted by Gasteiger charge is -2.22. The number of hydrogen-bond donors (Lipinski definition) is 0. The van der Waals surface area contributed by atoms with Crippen LogP contribution < -0.4 is 0 Å². The fraction of sp³-hybridized carbons (Fsp3) is 0.0462. The van der Waals surface area contributed by atoms with Gasteiger partial charge in [-0.3, -0.25) is 0 Å². The van der Waals surface area contributed by atoms with E-state index in [9.17, 15) is 0 Å². The number of fused-ring (bicyclic) bond motifs is 9. The largest absolute Gasteiger partial charge is 0.309 e. The maximum absolute atomic E-state index is 2.44. The molecule has 13 rings (SSSR count). The van der Waals surface area contributed by atoms with Crippen molar-refractivity contribution in [3.8, 4) is 55.9 Å². The van der Waals surface area contributed by atoms with E-state index in [1.54, 1.807) is 0 Å². The summed E-state index contributed by atoms with van der Waals surface area (Å²) in [6.45, 7) is 4.77. The number of benzene rings is 10. The first-order valence-electron chi connectivity index (χ1n) is 23.3. The average molecular weight is 855 g/mol. The van der Waals surface area contributed by atoms with Crippen LogP contribution in [0.25, 0.3) is 112 Å². The summed E-state index contributed by atoms with van der Waals surface area (Å²) in [6.07, 6.45) is 4.46. The topological polar surface area (TPSA) is 9.86 Å². The Kier molecular flexibility index (Phi) is 8.91. The molecular formula is C65H46N2. The van der Waals surface area contributed by atoms with Crippen molar-refractivity contribution < 1.29 is 0 Å². The Morgan fingerprint density at radius 3 is 1.34 bits per heavy atom. The van der Waals surface area contributed by atoms with Crippen molar-refractivity contribution in [1.82, 2.24) is 9.13 Å². The maximum Gasteiger partial charge on any atom is 0.0541 e. The molecule has 0 atom stereocenters. The van der Waals surface area contributed by atoms with Gasteiger partial charge < -0.3 is 9.13 Å². The minimum Gasteiger partial charge on any atom is -0.309 e. The van der Waals surface area contributed by atoms with E-state index in [1.165, 1.54) is 116 Å². The molecule has 12 aromatic rings. The summed E-state index contributed by atoms with van der Waals surface area (Å²) in [7, 11) is 0. The molecule has 0 spiro atoms. The molecule has 0 amide bonds. The number of para-hydroxylation sites is 3. The van der Waals surface area contributed by atoms with Crippen LogP contribution >= 0.6 is 0 Å². The third-order valence-corrected chi connectivity index (χ3v) is 14.3. The molecule has 67 heavy (non-hydrogen) atoms. The molecular weight excluding hydrogens is 809 g/mol. The standard InChI is InChI=1S/C65H46N2/c1-65(2)59-41-49(47-26-23-43(24-27-47)21-22-44-25-37-63-57(39-44)55-17-9-11-19-61(55)66(63)51-15-7-4-8-16-51)30-35-53(59)54-36-31-50(42-60(54)65)48-32-38-64-58(40-48)56-18-10-12-20-62(56)67(64)52-33-28-46(29-34-52)45-13-5-3-6-14-45/h3-42H,1-2H3. The summed E-state index contributed by atoms with van der Waals surface area (Å²) < 4.78 is 4.77. The van der Waals surface area contributed by atoms with Crippen LogP contribution in [0.2, 0.25) is 0 Å². The van der Waals surface area contributed by atoms with Gasteiger partial charge in [0.2, 0.25) is 0 Å². The smallest absolute Gasteiger partial charge is 0.0541 e. The van der Waals surface area contributed by atoms with E-state index < -0.39 is 0 Å². The predicted molar refractivity (Wildman–Crippen MR) is 284 cm³/mol. The van der Waals surface area contributed by atoms with Crippen LogP contribution in [0.3, 0.4) is 0 Å². The van der Waals surface area contributed by atoms with E-state index in [0.29, 0.717) is 0 Å². The van der Waals surface area contributed by atoms with Gasteiger partial charge in [0.1, 0.15) is 0 Å². The minimum atomic E-state index is -0.153. The van der Waals surface area contributed by atoms with Crippen LogP contribution in [0.15, 0.2) is 231 Å². The normalized spacial score (nSPS) is 13.0. The fourth-order valence-corrected chi connectivity index (χ4v) is 10.9. The van der Waals surface area contributed by atoms with E-state index in [-0.39, 0.29) is 5.41 Å². The molecule has 0 saturated heterocycles. The highest BCUT2D eigenvalue weighted by atomic mass is 15.0. The summed E-state index contributed by atoms with van der Waals surface area (Å²) in [4.78, 5) is 0. The Bertz CT molecular complexity index is 3900. The van der Waals surface area contributed by atoms with Gasteiger partial charge in [0.05, 0.1) is 22.1 Å². The van der Waals surface area contributed by atoms with Gasteiger partial charge in [-0.2, -0.15) is 0 Å². The van der Waals surface area contributed by atoms with Crippen molar-refractivity contribution in [3.05, 3.63) is 253 Å². The molecule has 0 aliphatic heterocycles. The zero-order valence-electron chi connectivity index (χ0n) is 37.5. The quantitative estimate of drug-likeness (QED) is 0.141. The summed E-state index contributed by atoms with van der Waals surface area (Å²) in [6, 6.07) is 84.6. The molecule has 0 fully saturated rings. The third kappa shape index (κ3) is 6.40. The van der Waals surface area contributed by atoms with Gasteiger partial charge in [-0.15, -0.1) is 0 Å². The van der Waals surface area contributed by atoms with E-state index in [1.807, 2.05) is 0 Å². The highest BCUT2D eigenvalue weighted by Crippen LogP contribution is 2.51. The first kappa shape index (κ1) is 39.0. The van der Waals surface area contributed by atoms with Crippen LogP contribution in [0.4, 0.5) is 0 Å².